The van der Waals surface area contributed by atoms with E-state index >= 15 is 0 Å². The molecule has 0 aliphatic carbocycles. The monoisotopic (exact) mass is 472 g/mol. The van der Waals surface area contributed by atoms with Gasteiger partial charge in [0.2, 0.25) is 5.91 Å². The Hall–Kier alpha value is -3.97. The van der Waals surface area contributed by atoms with Crippen molar-refractivity contribution in [3.8, 4) is 11.5 Å². The lowest BCUT2D eigenvalue weighted by Gasteiger charge is -2.22. The highest BCUT2D eigenvalue weighted by Crippen LogP contribution is 2.19. The highest BCUT2D eigenvalue weighted by atomic mass is 16.5. The van der Waals surface area contributed by atoms with Crippen LogP contribution in [-0.2, 0) is 4.79 Å². The van der Waals surface area contributed by atoms with Gasteiger partial charge < -0.3 is 9.47 Å². The van der Waals surface area contributed by atoms with E-state index in [1.165, 1.54) is 0 Å². The van der Waals surface area contributed by atoms with E-state index in [1.807, 2.05) is 41.3 Å². The van der Waals surface area contributed by atoms with E-state index in [2.05, 4.69) is 5.32 Å². The molecule has 180 valence electrons. The largest absolute Gasteiger partial charge is 0.490 e. The summed E-state index contributed by atoms with van der Waals surface area (Å²) in [6.45, 7) is 1.54. The van der Waals surface area contributed by atoms with Crippen molar-refractivity contribution < 1.29 is 23.9 Å². The van der Waals surface area contributed by atoms with E-state index in [4.69, 9.17) is 9.47 Å². The van der Waals surface area contributed by atoms with Crippen molar-refractivity contribution in [2.45, 2.75) is 18.9 Å². The van der Waals surface area contributed by atoms with Crippen molar-refractivity contribution >= 4 is 17.6 Å². The summed E-state index contributed by atoms with van der Waals surface area (Å²) in [5.41, 5.74) is 0.972. The minimum absolute atomic E-state index is 0.0851. The summed E-state index contributed by atoms with van der Waals surface area (Å²) >= 11 is 0. The zero-order chi connectivity index (χ0) is 24.5. The number of Topliss-reactive ketones (excluding diaryl/α,β-unsaturated/α-hetero) is 1. The van der Waals surface area contributed by atoms with E-state index in [-0.39, 0.29) is 18.2 Å². The number of hydrogen-bond donors (Lipinski definition) is 1. The molecule has 1 heterocycles. The minimum Gasteiger partial charge on any atom is -0.490 e. The second kappa shape index (κ2) is 11.9. The van der Waals surface area contributed by atoms with Gasteiger partial charge in [0.25, 0.3) is 5.91 Å². The van der Waals surface area contributed by atoms with Crippen LogP contribution in [0.15, 0.2) is 84.9 Å². The average molecular weight is 473 g/mol. The maximum atomic E-state index is 12.8. The summed E-state index contributed by atoms with van der Waals surface area (Å²) in [7, 11) is 0. The van der Waals surface area contributed by atoms with Gasteiger partial charge in [-0.3, -0.25) is 24.6 Å². The van der Waals surface area contributed by atoms with Gasteiger partial charge in [0.05, 0.1) is 12.6 Å². The number of carbonyl (C=O) groups excluding carboxylic acids is 3. The van der Waals surface area contributed by atoms with Gasteiger partial charge in [-0.15, -0.1) is 0 Å². The Kier molecular flexibility index (Phi) is 8.25. The molecule has 0 unspecified atom stereocenters. The van der Waals surface area contributed by atoms with Crippen LogP contribution in [0, 0.1) is 0 Å². The summed E-state index contributed by atoms with van der Waals surface area (Å²) in [6.07, 6.45) is 1.40. The summed E-state index contributed by atoms with van der Waals surface area (Å²) in [5, 5.41) is 2.47. The van der Waals surface area contributed by atoms with E-state index < -0.39 is 11.9 Å². The van der Waals surface area contributed by atoms with Crippen molar-refractivity contribution in [1.82, 2.24) is 10.2 Å². The fourth-order valence-electron chi connectivity index (χ4n) is 4.02. The Morgan fingerprint density at radius 3 is 2.03 bits per heavy atom. The zero-order valence-corrected chi connectivity index (χ0v) is 19.4. The van der Waals surface area contributed by atoms with Gasteiger partial charge in [-0.2, -0.15) is 0 Å². The highest BCUT2D eigenvalue weighted by Gasteiger charge is 2.33. The van der Waals surface area contributed by atoms with Crippen molar-refractivity contribution in [3.05, 3.63) is 96.1 Å². The molecule has 7 nitrogen and oxygen atoms in total. The van der Waals surface area contributed by atoms with E-state index in [0.29, 0.717) is 43.1 Å². The number of carbonyl (C=O) groups is 3. The first-order chi connectivity index (χ1) is 17.1. The molecular formula is C28H28N2O5. The molecule has 0 aromatic heterocycles. The van der Waals surface area contributed by atoms with Gasteiger partial charge >= 0.3 is 0 Å². The van der Waals surface area contributed by atoms with Crippen molar-refractivity contribution in [3.63, 3.8) is 0 Å². The lowest BCUT2D eigenvalue weighted by atomic mass is 10.1. The zero-order valence-electron chi connectivity index (χ0n) is 19.4. The molecule has 35 heavy (non-hydrogen) atoms. The molecule has 1 fully saturated rings. The average Bonchev–Trinajstić information content (AvgIpc) is 3.36. The molecule has 1 aliphatic rings. The second-order valence-electron chi connectivity index (χ2n) is 8.27. The number of nitrogens with one attached hydrogen (secondary N) is 1. The number of likely N-dealkylation sites (tertiary alicyclic amines) is 1. The fourth-order valence-corrected chi connectivity index (χ4v) is 4.02. The third-order valence-corrected chi connectivity index (χ3v) is 5.83. The number of para-hydroxylation sites is 1. The number of ketones is 1. The molecule has 4 rings (SSSR count). The molecule has 0 saturated carbocycles. The molecular weight excluding hydrogens is 444 g/mol. The molecule has 3 aromatic carbocycles. The van der Waals surface area contributed by atoms with Crippen molar-refractivity contribution in [2.75, 3.05) is 26.3 Å². The first-order valence-corrected chi connectivity index (χ1v) is 11.7. The van der Waals surface area contributed by atoms with Gasteiger partial charge in [-0.1, -0.05) is 36.4 Å². The van der Waals surface area contributed by atoms with Gasteiger partial charge in [0.15, 0.2) is 5.78 Å². The molecule has 0 radical (unpaired) electrons. The Balaban J connectivity index is 1.25. The van der Waals surface area contributed by atoms with E-state index in [9.17, 15) is 14.4 Å². The molecule has 0 spiro atoms. The number of nitrogens with zero attached hydrogens (tertiary/aromatic N) is 1. The van der Waals surface area contributed by atoms with Crippen LogP contribution in [0.4, 0.5) is 0 Å². The van der Waals surface area contributed by atoms with Gasteiger partial charge in [-0.25, -0.2) is 0 Å². The Labute approximate surface area is 204 Å². The Morgan fingerprint density at radius 1 is 0.771 bits per heavy atom. The molecule has 3 aromatic rings. The van der Waals surface area contributed by atoms with Crippen LogP contribution < -0.4 is 14.8 Å². The molecule has 1 aliphatic heterocycles. The van der Waals surface area contributed by atoms with Crippen LogP contribution in [0.1, 0.15) is 33.6 Å². The highest BCUT2D eigenvalue weighted by molar-refractivity contribution is 6.06. The second-order valence-corrected chi connectivity index (χ2v) is 8.27. The predicted octanol–water partition coefficient (Wildman–Crippen LogP) is 3.75. The number of benzene rings is 3. The first-order valence-electron chi connectivity index (χ1n) is 11.7. The van der Waals surface area contributed by atoms with Crippen LogP contribution >= 0.6 is 0 Å². The quantitative estimate of drug-likeness (QED) is 0.275. The minimum atomic E-state index is -0.501. The third-order valence-electron chi connectivity index (χ3n) is 5.83. The predicted molar refractivity (Wildman–Crippen MR) is 132 cm³/mol. The van der Waals surface area contributed by atoms with Crippen LogP contribution in [0.5, 0.6) is 11.5 Å². The van der Waals surface area contributed by atoms with Crippen LogP contribution in [0.25, 0.3) is 0 Å². The standard InChI is InChI=1S/C28H28N2O5/c31-26(21-13-15-24(16-14-21)35-19-18-34-23-10-5-2-6-11-23)20-30-17-7-12-25(30)28(33)29-27(32)22-8-3-1-4-9-22/h1-6,8-11,13-16,25H,7,12,17-20H2,(H,29,32,33)/t25-/m0/s1. The smallest absolute Gasteiger partial charge is 0.257 e. The van der Waals surface area contributed by atoms with Crippen molar-refractivity contribution in [1.29, 1.82) is 0 Å². The van der Waals surface area contributed by atoms with E-state index in [0.717, 1.165) is 12.2 Å². The number of hydrogen-bond acceptors (Lipinski definition) is 6. The summed E-state index contributed by atoms with van der Waals surface area (Å²) < 4.78 is 11.3. The number of rotatable bonds is 10. The maximum Gasteiger partial charge on any atom is 0.257 e. The summed E-state index contributed by atoms with van der Waals surface area (Å²) in [6, 6.07) is 24.6. The third kappa shape index (κ3) is 6.77. The summed E-state index contributed by atoms with van der Waals surface area (Å²) in [4.78, 5) is 39.7. The van der Waals surface area contributed by atoms with Crippen LogP contribution in [0.2, 0.25) is 0 Å². The molecule has 1 N–H and O–H groups in total. The van der Waals surface area contributed by atoms with Gasteiger partial charge in [0.1, 0.15) is 24.7 Å². The Morgan fingerprint density at radius 2 is 1.37 bits per heavy atom. The van der Waals surface area contributed by atoms with Crippen molar-refractivity contribution in [2.24, 2.45) is 0 Å². The Bertz CT molecular complexity index is 1130. The summed E-state index contributed by atoms with van der Waals surface area (Å²) in [5.74, 6) is 0.550. The number of ether oxygens (including phenoxy) is 2. The lowest BCUT2D eigenvalue weighted by Crippen LogP contribution is -2.46. The van der Waals surface area contributed by atoms with Gasteiger partial charge in [-0.05, 0) is 67.9 Å². The topological polar surface area (TPSA) is 84.9 Å². The maximum absolute atomic E-state index is 12.8. The van der Waals surface area contributed by atoms with E-state index in [1.54, 1.807) is 48.5 Å². The molecule has 7 heteroatoms. The SMILES string of the molecule is O=C(CN1CCC[C@H]1C(=O)NC(=O)c1ccccc1)c1ccc(OCCOc2ccccc2)cc1. The molecule has 1 atom stereocenters. The molecule has 2 amide bonds. The van der Waals surface area contributed by atoms with Gasteiger partial charge in [0, 0.05) is 11.1 Å². The number of amides is 2. The molecule has 0 bridgehead atoms. The number of imide groups is 1. The first kappa shape index (κ1) is 24.2. The van der Waals surface area contributed by atoms with Crippen LogP contribution in [-0.4, -0.2) is 54.8 Å². The normalized spacial score (nSPS) is 15.4. The molecule has 1 saturated heterocycles. The van der Waals surface area contributed by atoms with Crippen LogP contribution in [0.3, 0.4) is 0 Å². The lowest BCUT2D eigenvalue weighted by molar-refractivity contribution is -0.124. The fraction of sp³-hybridized carbons (Fsp3) is 0.250.